The fourth-order valence-electron chi connectivity index (χ4n) is 3.52. The van der Waals surface area contributed by atoms with Crippen LogP contribution in [0, 0.1) is 0 Å². The Morgan fingerprint density at radius 1 is 1.28 bits per heavy atom. The lowest BCUT2D eigenvalue weighted by molar-refractivity contribution is -0.131. The topological polar surface area (TPSA) is 88.2 Å². The average Bonchev–Trinajstić information content (AvgIpc) is 2.76. The Hall–Kier alpha value is -3.13. The second kappa shape index (κ2) is 8.91. The van der Waals surface area contributed by atoms with E-state index >= 15 is 0 Å². The molecule has 1 N–H and O–H groups in total. The molecule has 2 aliphatic heterocycles. The molecular formula is C21H25N3O5. The number of amides is 3. The van der Waals surface area contributed by atoms with Crippen molar-refractivity contribution >= 4 is 17.9 Å². The highest BCUT2D eigenvalue weighted by molar-refractivity contribution is 5.98. The summed E-state index contributed by atoms with van der Waals surface area (Å²) < 4.78 is 10.1. The summed E-state index contributed by atoms with van der Waals surface area (Å²) in [6, 6.07) is 5.76. The van der Waals surface area contributed by atoms with Crippen LogP contribution in [0.3, 0.4) is 0 Å². The van der Waals surface area contributed by atoms with Crippen molar-refractivity contribution in [2.45, 2.75) is 13.0 Å². The number of urea groups is 1. The molecule has 0 bridgehead atoms. The van der Waals surface area contributed by atoms with Crippen LogP contribution in [0.2, 0.25) is 0 Å². The molecule has 0 spiro atoms. The molecular weight excluding hydrogens is 374 g/mol. The van der Waals surface area contributed by atoms with Crippen LogP contribution in [-0.2, 0) is 14.3 Å². The number of allylic oxidation sites excluding steroid dienone is 1. The van der Waals surface area contributed by atoms with Gasteiger partial charge in [-0.1, -0.05) is 18.2 Å². The van der Waals surface area contributed by atoms with Crippen LogP contribution in [0.1, 0.15) is 28.9 Å². The van der Waals surface area contributed by atoms with Gasteiger partial charge < -0.3 is 19.7 Å². The predicted molar refractivity (Wildman–Crippen MR) is 106 cm³/mol. The number of hydrogen-bond donors (Lipinski definition) is 1. The van der Waals surface area contributed by atoms with Gasteiger partial charge in [0, 0.05) is 25.3 Å². The third-order valence-electron chi connectivity index (χ3n) is 5.10. The van der Waals surface area contributed by atoms with Crippen molar-refractivity contribution in [3.05, 3.63) is 59.3 Å². The molecule has 1 saturated heterocycles. The fourth-order valence-corrected chi connectivity index (χ4v) is 3.52. The third kappa shape index (κ3) is 4.17. The molecule has 1 aromatic carbocycles. The monoisotopic (exact) mass is 399 g/mol. The highest BCUT2D eigenvalue weighted by atomic mass is 16.5. The quantitative estimate of drug-likeness (QED) is 0.603. The van der Waals surface area contributed by atoms with Gasteiger partial charge in [-0.2, -0.15) is 0 Å². The SMILES string of the molecule is C=CCN1C(=O)N[C@H](c2ccc(C(=O)OC)cc2)C(C(=O)N2CCOCC2)=C1C. The van der Waals surface area contributed by atoms with E-state index in [1.165, 1.54) is 12.0 Å². The van der Waals surface area contributed by atoms with Crippen LogP contribution < -0.4 is 5.32 Å². The van der Waals surface area contributed by atoms with E-state index in [9.17, 15) is 14.4 Å². The summed E-state index contributed by atoms with van der Waals surface area (Å²) in [5, 5.41) is 2.92. The molecule has 29 heavy (non-hydrogen) atoms. The Labute approximate surface area is 169 Å². The lowest BCUT2D eigenvalue weighted by Gasteiger charge is -2.38. The average molecular weight is 399 g/mol. The van der Waals surface area contributed by atoms with Crippen LogP contribution in [-0.4, -0.2) is 67.7 Å². The van der Waals surface area contributed by atoms with Crippen LogP contribution in [0.15, 0.2) is 48.2 Å². The Morgan fingerprint density at radius 2 is 1.93 bits per heavy atom. The summed E-state index contributed by atoms with van der Waals surface area (Å²) >= 11 is 0. The molecule has 0 unspecified atom stereocenters. The van der Waals surface area contributed by atoms with Crippen LogP contribution in [0.5, 0.6) is 0 Å². The number of carbonyl (C=O) groups is 3. The Kier molecular flexibility index (Phi) is 6.33. The van der Waals surface area contributed by atoms with Gasteiger partial charge in [-0.15, -0.1) is 6.58 Å². The van der Waals surface area contributed by atoms with Gasteiger partial charge in [0.05, 0.1) is 37.5 Å². The number of nitrogens with zero attached hydrogens (tertiary/aromatic N) is 2. The molecule has 0 saturated carbocycles. The molecule has 0 radical (unpaired) electrons. The Balaban J connectivity index is 2.00. The molecule has 1 aromatic rings. The number of hydrogen-bond acceptors (Lipinski definition) is 5. The second-order valence-corrected chi connectivity index (χ2v) is 6.80. The van der Waals surface area contributed by atoms with E-state index in [4.69, 9.17) is 9.47 Å². The van der Waals surface area contributed by atoms with Gasteiger partial charge in [-0.25, -0.2) is 9.59 Å². The fraction of sp³-hybridized carbons (Fsp3) is 0.381. The Morgan fingerprint density at radius 3 is 2.52 bits per heavy atom. The summed E-state index contributed by atoms with van der Waals surface area (Å²) in [6.07, 6.45) is 1.62. The first-order valence-corrected chi connectivity index (χ1v) is 9.43. The maximum atomic E-state index is 13.4. The van der Waals surface area contributed by atoms with Crippen LogP contribution in [0.4, 0.5) is 4.79 Å². The van der Waals surface area contributed by atoms with E-state index in [1.54, 1.807) is 42.2 Å². The predicted octanol–water partition coefficient (Wildman–Crippen LogP) is 1.86. The number of methoxy groups -OCH3 is 1. The van der Waals surface area contributed by atoms with Crippen molar-refractivity contribution in [1.29, 1.82) is 0 Å². The number of nitrogens with one attached hydrogen (secondary N) is 1. The zero-order valence-corrected chi connectivity index (χ0v) is 16.6. The van der Waals surface area contributed by atoms with E-state index in [0.29, 0.717) is 55.2 Å². The minimum absolute atomic E-state index is 0.137. The van der Waals surface area contributed by atoms with Crippen molar-refractivity contribution in [2.24, 2.45) is 0 Å². The van der Waals surface area contributed by atoms with E-state index in [2.05, 4.69) is 11.9 Å². The summed E-state index contributed by atoms with van der Waals surface area (Å²) in [5.41, 5.74) is 2.19. The zero-order chi connectivity index (χ0) is 21.0. The zero-order valence-electron chi connectivity index (χ0n) is 16.6. The molecule has 154 valence electrons. The molecule has 1 fully saturated rings. The first-order valence-electron chi connectivity index (χ1n) is 9.43. The van der Waals surface area contributed by atoms with Gasteiger partial charge in [-0.3, -0.25) is 9.69 Å². The van der Waals surface area contributed by atoms with Crippen molar-refractivity contribution < 1.29 is 23.9 Å². The standard InChI is InChI=1S/C21H25N3O5/c1-4-9-24-14(2)17(19(25)23-10-12-29-13-11-23)18(22-21(24)27)15-5-7-16(8-6-15)20(26)28-3/h4-8,18H,1,9-13H2,2-3H3,(H,22,27)/t18-/m1/s1. The normalized spacial score (nSPS) is 19.7. The summed E-state index contributed by atoms with van der Waals surface area (Å²) in [5.74, 6) is -0.584. The summed E-state index contributed by atoms with van der Waals surface area (Å²) in [6.45, 7) is 7.73. The molecule has 1 atom stereocenters. The number of morpholine rings is 1. The molecule has 8 heteroatoms. The van der Waals surface area contributed by atoms with Gasteiger partial charge >= 0.3 is 12.0 Å². The molecule has 2 aliphatic rings. The van der Waals surface area contributed by atoms with Crippen molar-refractivity contribution in [1.82, 2.24) is 15.1 Å². The maximum absolute atomic E-state index is 13.4. The Bertz CT molecular complexity index is 840. The van der Waals surface area contributed by atoms with Gasteiger partial charge in [0.15, 0.2) is 0 Å². The largest absolute Gasteiger partial charge is 0.465 e. The van der Waals surface area contributed by atoms with Crippen LogP contribution in [0.25, 0.3) is 0 Å². The van der Waals surface area contributed by atoms with E-state index in [1.807, 2.05) is 0 Å². The highest BCUT2D eigenvalue weighted by Crippen LogP contribution is 2.32. The smallest absolute Gasteiger partial charge is 0.337 e. The minimum atomic E-state index is -0.620. The van der Waals surface area contributed by atoms with Gasteiger partial charge in [0.1, 0.15) is 0 Å². The molecule has 2 heterocycles. The number of carbonyl (C=O) groups excluding carboxylic acids is 3. The number of rotatable bonds is 5. The van der Waals surface area contributed by atoms with Gasteiger partial charge in [0.25, 0.3) is 5.91 Å². The van der Waals surface area contributed by atoms with Gasteiger partial charge in [0.2, 0.25) is 0 Å². The number of esters is 1. The highest BCUT2D eigenvalue weighted by Gasteiger charge is 2.37. The first-order chi connectivity index (χ1) is 14.0. The lowest BCUT2D eigenvalue weighted by Crippen LogP contribution is -2.51. The molecule has 8 nitrogen and oxygen atoms in total. The molecule has 3 rings (SSSR count). The molecule has 3 amide bonds. The van der Waals surface area contributed by atoms with E-state index in [-0.39, 0.29) is 11.9 Å². The lowest BCUT2D eigenvalue weighted by atomic mass is 9.93. The van der Waals surface area contributed by atoms with E-state index in [0.717, 1.165) is 0 Å². The summed E-state index contributed by atoms with van der Waals surface area (Å²) in [4.78, 5) is 41.0. The maximum Gasteiger partial charge on any atom is 0.337 e. The molecule has 0 aromatic heterocycles. The van der Waals surface area contributed by atoms with Crippen LogP contribution >= 0.6 is 0 Å². The van der Waals surface area contributed by atoms with E-state index < -0.39 is 12.0 Å². The minimum Gasteiger partial charge on any atom is -0.465 e. The summed E-state index contributed by atoms with van der Waals surface area (Å²) in [7, 11) is 1.32. The molecule has 0 aliphatic carbocycles. The van der Waals surface area contributed by atoms with Gasteiger partial charge in [-0.05, 0) is 24.6 Å². The first kappa shape index (κ1) is 20.6. The van der Waals surface area contributed by atoms with Crippen molar-refractivity contribution in [3.63, 3.8) is 0 Å². The number of ether oxygens (including phenoxy) is 2. The third-order valence-corrected chi connectivity index (χ3v) is 5.10. The number of benzene rings is 1. The second-order valence-electron chi connectivity index (χ2n) is 6.80. The van der Waals surface area contributed by atoms with Crippen molar-refractivity contribution in [3.8, 4) is 0 Å². The van der Waals surface area contributed by atoms with Crippen molar-refractivity contribution in [2.75, 3.05) is 40.0 Å².